The number of carbonyl (C=O) groups excluding carboxylic acids is 1. The Kier molecular flexibility index (Phi) is 6.43. The minimum Gasteiger partial charge on any atom is -0.504 e. The maximum absolute atomic E-state index is 11.4. The summed E-state index contributed by atoms with van der Waals surface area (Å²) < 4.78 is 15.0. The first-order chi connectivity index (χ1) is 9.62. The average molecular weight is 280 g/mol. The van der Waals surface area contributed by atoms with Gasteiger partial charge < -0.3 is 19.3 Å². The monoisotopic (exact) mass is 280 g/mol. The van der Waals surface area contributed by atoms with E-state index < -0.39 is 5.97 Å². The van der Waals surface area contributed by atoms with E-state index in [1.165, 1.54) is 26.4 Å². The van der Waals surface area contributed by atoms with Gasteiger partial charge in [-0.1, -0.05) is 19.4 Å². The number of phenolic OH excluding ortho intramolecular Hbond substituents is 1. The van der Waals surface area contributed by atoms with E-state index in [1.54, 1.807) is 12.1 Å². The van der Waals surface area contributed by atoms with Crippen molar-refractivity contribution < 1.29 is 24.1 Å². The third-order valence-electron chi connectivity index (χ3n) is 2.64. The van der Waals surface area contributed by atoms with E-state index in [-0.39, 0.29) is 11.5 Å². The van der Waals surface area contributed by atoms with Crippen LogP contribution < -0.4 is 4.74 Å². The lowest BCUT2D eigenvalue weighted by Gasteiger charge is -2.09. The van der Waals surface area contributed by atoms with E-state index in [4.69, 9.17) is 9.47 Å². The fourth-order valence-corrected chi connectivity index (χ4v) is 1.52. The third-order valence-corrected chi connectivity index (χ3v) is 2.64. The molecule has 0 bridgehead atoms. The van der Waals surface area contributed by atoms with Crippen molar-refractivity contribution >= 4 is 12.0 Å². The predicted octanol–water partition coefficient (Wildman–Crippen LogP) is 2.73. The maximum atomic E-state index is 11.4. The summed E-state index contributed by atoms with van der Waals surface area (Å²) >= 11 is 0. The first-order valence-electron chi connectivity index (χ1n) is 6.42. The minimum absolute atomic E-state index is 0.0651. The Morgan fingerprint density at radius 2 is 2.05 bits per heavy atom. The zero-order valence-electron chi connectivity index (χ0n) is 12.0. The molecular weight excluding hydrogens is 260 g/mol. The Morgan fingerprint density at radius 3 is 2.65 bits per heavy atom. The maximum Gasteiger partial charge on any atom is 0.373 e. The van der Waals surface area contributed by atoms with Crippen molar-refractivity contribution in [3.63, 3.8) is 0 Å². The summed E-state index contributed by atoms with van der Waals surface area (Å²) in [5, 5.41) is 9.71. The number of ether oxygens (including phenoxy) is 3. The van der Waals surface area contributed by atoms with Crippen LogP contribution in [0, 0.1) is 0 Å². The van der Waals surface area contributed by atoms with E-state index in [0.717, 1.165) is 12.8 Å². The molecule has 1 aromatic rings. The van der Waals surface area contributed by atoms with Crippen LogP contribution >= 0.6 is 0 Å². The van der Waals surface area contributed by atoms with Crippen LogP contribution in [0.1, 0.15) is 25.3 Å². The quantitative estimate of drug-likeness (QED) is 0.360. The molecular formula is C15H20O5. The first-order valence-corrected chi connectivity index (χ1v) is 6.42. The zero-order valence-corrected chi connectivity index (χ0v) is 12.0. The van der Waals surface area contributed by atoms with Crippen LogP contribution in [0.25, 0.3) is 6.08 Å². The highest BCUT2D eigenvalue weighted by atomic mass is 16.6. The third kappa shape index (κ3) is 4.50. The van der Waals surface area contributed by atoms with Gasteiger partial charge in [-0.15, -0.1) is 0 Å². The molecule has 0 saturated heterocycles. The lowest BCUT2D eigenvalue weighted by atomic mass is 10.1. The van der Waals surface area contributed by atoms with Crippen LogP contribution in [0.2, 0.25) is 0 Å². The topological polar surface area (TPSA) is 65.0 Å². The second-order valence-corrected chi connectivity index (χ2v) is 4.13. The van der Waals surface area contributed by atoms with Gasteiger partial charge in [-0.2, -0.15) is 0 Å². The highest BCUT2D eigenvalue weighted by Crippen LogP contribution is 2.28. The number of methoxy groups -OCH3 is 2. The summed E-state index contributed by atoms with van der Waals surface area (Å²) in [4.78, 5) is 11.4. The van der Waals surface area contributed by atoms with Crippen molar-refractivity contribution in [1.29, 1.82) is 0 Å². The fraction of sp³-hybridized carbons (Fsp3) is 0.400. The second-order valence-electron chi connectivity index (χ2n) is 4.13. The Bertz CT molecular complexity index is 479. The molecule has 0 heterocycles. The van der Waals surface area contributed by atoms with Gasteiger partial charge in [0.2, 0.25) is 5.76 Å². The SMILES string of the molecule is CCCCOc1cc(/C=C(\OC)C(=O)OC)ccc1O. The van der Waals surface area contributed by atoms with Crippen LogP contribution in [0.4, 0.5) is 0 Å². The van der Waals surface area contributed by atoms with Gasteiger partial charge in [0.25, 0.3) is 0 Å². The molecule has 0 aliphatic carbocycles. The van der Waals surface area contributed by atoms with E-state index in [9.17, 15) is 9.90 Å². The number of phenols is 1. The van der Waals surface area contributed by atoms with Gasteiger partial charge in [0, 0.05) is 0 Å². The molecule has 0 aromatic heterocycles. The van der Waals surface area contributed by atoms with Crippen molar-refractivity contribution in [1.82, 2.24) is 0 Å². The van der Waals surface area contributed by atoms with Gasteiger partial charge in [0.05, 0.1) is 20.8 Å². The molecule has 110 valence electrons. The smallest absolute Gasteiger partial charge is 0.373 e. The van der Waals surface area contributed by atoms with Gasteiger partial charge in [-0.3, -0.25) is 0 Å². The van der Waals surface area contributed by atoms with Gasteiger partial charge in [0.1, 0.15) is 0 Å². The normalized spacial score (nSPS) is 11.1. The van der Waals surface area contributed by atoms with E-state index in [0.29, 0.717) is 17.9 Å². The van der Waals surface area contributed by atoms with Crippen molar-refractivity contribution in [3.05, 3.63) is 29.5 Å². The zero-order chi connectivity index (χ0) is 15.0. The molecule has 1 rings (SSSR count). The van der Waals surface area contributed by atoms with Crippen LogP contribution in [-0.4, -0.2) is 31.9 Å². The summed E-state index contributed by atoms with van der Waals surface area (Å²) in [5.74, 6) is -0.0328. The lowest BCUT2D eigenvalue weighted by molar-refractivity contribution is -0.139. The summed E-state index contributed by atoms with van der Waals surface area (Å²) in [6.07, 6.45) is 3.44. The molecule has 5 nitrogen and oxygen atoms in total. The molecule has 0 unspecified atom stereocenters. The number of benzene rings is 1. The van der Waals surface area contributed by atoms with Gasteiger partial charge in [0.15, 0.2) is 11.5 Å². The predicted molar refractivity (Wildman–Crippen MR) is 75.5 cm³/mol. The van der Waals surface area contributed by atoms with Crippen LogP contribution in [0.5, 0.6) is 11.5 Å². The molecule has 0 amide bonds. The van der Waals surface area contributed by atoms with E-state index in [1.807, 2.05) is 0 Å². The highest BCUT2D eigenvalue weighted by Gasteiger charge is 2.10. The molecule has 0 aliphatic rings. The van der Waals surface area contributed by atoms with E-state index >= 15 is 0 Å². The lowest BCUT2D eigenvalue weighted by Crippen LogP contribution is -2.06. The Labute approximate surface area is 118 Å². The first kappa shape index (κ1) is 15.9. The number of aromatic hydroxyl groups is 1. The van der Waals surface area contributed by atoms with Crippen molar-refractivity contribution in [2.75, 3.05) is 20.8 Å². The van der Waals surface area contributed by atoms with Gasteiger partial charge in [-0.25, -0.2) is 4.79 Å². The standard InChI is InChI=1S/C15H20O5/c1-4-5-8-20-13-9-11(6-7-12(13)16)10-14(18-2)15(17)19-3/h6-7,9-10,16H,4-5,8H2,1-3H3/b14-10-. The van der Waals surface area contributed by atoms with Gasteiger partial charge >= 0.3 is 5.97 Å². The van der Waals surface area contributed by atoms with Crippen LogP contribution in [-0.2, 0) is 14.3 Å². The Morgan fingerprint density at radius 1 is 1.30 bits per heavy atom. The fourth-order valence-electron chi connectivity index (χ4n) is 1.52. The summed E-state index contributed by atoms with van der Waals surface area (Å²) in [5.41, 5.74) is 0.677. The molecule has 0 fully saturated rings. The molecule has 1 N–H and O–H groups in total. The van der Waals surface area contributed by atoms with Crippen LogP contribution in [0.15, 0.2) is 24.0 Å². The molecule has 0 radical (unpaired) electrons. The number of rotatable bonds is 7. The Balaban J connectivity index is 2.93. The number of esters is 1. The minimum atomic E-state index is -0.561. The van der Waals surface area contributed by atoms with Crippen molar-refractivity contribution in [3.8, 4) is 11.5 Å². The number of hydrogen-bond donors (Lipinski definition) is 1. The molecule has 1 aromatic carbocycles. The number of unbranched alkanes of at least 4 members (excludes halogenated alkanes) is 1. The summed E-state index contributed by atoms with van der Waals surface area (Å²) in [7, 11) is 2.67. The number of hydrogen-bond acceptors (Lipinski definition) is 5. The van der Waals surface area contributed by atoms with E-state index in [2.05, 4.69) is 11.7 Å². The molecule has 0 aliphatic heterocycles. The highest BCUT2D eigenvalue weighted by molar-refractivity contribution is 5.91. The molecule has 0 atom stereocenters. The van der Waals surface area contributed by atoms with Crippen LogP contribution in [0.3, 0.4) is 0 Å². The summed E-state index contributed by atoms with van der Waals surface area (Å²) in [6.45, 7) is 2.59. The second kappa shape index (κ2) is 8.09. The molecule has 0 spiro atoms. The average Bonchev–Trinajstić information content (AvgIpc) is 2.47. The summed E-state index contributed by atoms with van der Waals surface area (Å²) in [6, 6.07) is 4.81. The van der Waals surface area contributed by atoms with Crippen molar-refractivity contribution in [2.45, 2.75) is 19.8 Å². The van der Waals surface area contributed by atoms with Gasteiger partial charge in [-0.05, 0) is 30.2 Å². The molecule has 0 saturated carbocycles. The Hall–Kier alpha value is -2.17. The van der Waals surface area contributed by atoms with Crippen molar-refractivity contribution in [2.24, 2.45) is 0 Å². The largest absolute Gasteiger partial charge is 0.504 e. The number of carbonyl (C=O) groups is 1. The molecule has 5 heteroatoms. The molecule has 20 heavy (non-hydrogen) atoms.